The largest absolute Gasteiger partial charge is 0.492 e. The third-order valence-corrected chi connectivity index (χ3v) is 6.88. The molecule has 1 aromatic carbocycles. The molecule has 1 aromatic rings. The number of amides is 1. The molecule has 0 saturated carbocycles. The van der Waals surface area contributed by atoms with Crippen LogP contribution in [0.15, 0.2) is 23.1 Å². The van der Waals surface area contributed by atoms with E-state index in [-0.39, 0.29) is 16.7 Å². The van der Waals surface area contributed by atoms with E-state index in [1.165, 1.54) is 10.4 Å². The Hall–Kier alpha value is -1.31. The van der Waals surface area contributed by atoms with Gasteiger partial charge in [0.05, 0.1) is 6.61 Å². The molecule has 0 aliphatic carbocycles. The van der Waals surface area contributed by atoms with Crippen LogP contribution in [-0.4, -0.2) is 44.9 Å². The molecule has 6 nitrogen and oxygen atoms in total. The lowest BCUT2D eigenvalue weighted by Crippen LogP contribution is -2.43. The van der Waals surface area contributed by atoms with Gasteiger partial charge in [-0.3, -0.25) is 4.79 Å². The summed E-state index contributed by atoms with van der Waals surface area (Å²) >= 11 is 6.01. The number of ether oxygens (including phenoxy) is 1. The van der Waals surface area contributed by atoms with Crippen molar-refractivity contribution in [2.45, 2.75) is 50.8 Å². The van der Waals surface area contributed by atoms with E-state index in [1.807, 2.05) is 0 Å². The fourth-order valence-corrected chi connectivity index (χ4v) is 5.05. The third-order valence-electron chi connectivity index (χ3n) is 4.73. The summed E-state index contributed by atoms with van der Waals surface area (Å²) in [6, 6.07) is 4.62. The zero-order valence-electron chi connectivity index (χ0n) is 16.0. The summed E-state index contributed by atoms with van der Waals surface area (Å²) in [6.07, 6.45) is 4.22. The molecule has 1 fully saturated rings. The Morgan fingerprint density at radius 1 is 1.26 bits per heavy atom. The Balaban J connectivity index is 2.00. The first-order chi connectivity index (χ1) is 12.9. The molecule has 27 heavy (non-hydrogen) atoms. The average Bonchev–Trinajstić information content (AvgIpc) is 2.66. The second-order valence-electron chi connectivity index (χ2n) is 6.70. The van der Waals surface area contributed by atoms with Crippen LogP contribution >= 0.6 is 11.6 Å². The first-order valence-electron chi connectivity index (χ1n) is 9.60. The normalized spacial score (nSPS) is 16.3. The molecule has 1 N–H and O–H groups in total. The average molecular weight is 417 g/mol. The molecule has 0 aromatic heterocycles. The van der Waals surface area contributed by atoms with E-state index in [0.29, 0.717) is 49.9 Å². The number of hydrogen-bond donors (Lipinski definition) is 1. The number of piperidine rings is 1. The van der Waals surface area contributed by atoms with Gasteiger partial charge >= 0.3 is 0 Å². The highest BCUT2D eigenvalue weighted by Crippen LogP contribution is 2.32. The molecule has 0 unspecified atom stereocenters. The number of benzene rings is 1. The van der Waals surface area contributed by atoms with Crippen molar-refractivity contribution in [3.05, 3.63) is 23.2 Å². The van der Waals surface area contributed by atoms with Gasteiger partial charge in [0.1, 0.15) is 10.6 Å². The number of hydrogen-bond acceptors (Lipinski definition) is 4. The smallest absolute Gasteiger partial charge is 0.246 e. The highest BCUT2D eigenvalue weighted by molar-refractivity contribution is 7.89. The Labute approximate surface area is 167 Å². The number of nitrogens with one attached hydrogen (secondary N) is 1. The zero-order valence-corrected chi connectivity index (χ0v) is 17.6. The van der Waals surface area contributed by atoms with Crippen molar-refractivity contribution in [1.29, 1.82) is 0 Å². The molecular weight excluding hydrogens is 388 g/mol. The molecule has 2 rings (SSSR count). The molecule has 1 amide bonds. The summed E-state index contributed by atoms with van der Waals surface area (Å²) in [4.78, 5) is 12.3. The summed E-state index contributed by atoms with van der Waals surface area (Å²) in [5, 5.41) is 3.31. The van der Waals surface area contributed by atoms with E-state index >= 15 is 0 Å². The lowest BCUT2D eigenvalue weighted by Gasteiger charge is -2.31. The van der Waals surface area contributed by atoms with Crippen molar-refractivity contribution in [1.82, 2.24) is 9.62 Å². The number of carbonyl (C=O) groups is 1. The van der Waals surface area contributed by atoms with E-state index < -0.39 is 10.0 Å². The Morgan fingerprint density at radius 3 is 2.59 bits per heavy atom. The third kappa shape index (κ3) is 5.83. The molecule has 152 valence electrons. The van der Waals surface area contributed by atoms with Crippen LogP contribution in [0.3, 0.4) is 0 Å². The summed E-state index contributed by atoms with van der Waals surface area (Å²) in [6.45, 7) is 5.60. The second-order valence-corrected chi connectivity index (χ2v) is 9.04. The van der Waals surface area contributed by atoms with Gasteiger partial charge in [-0.25, -0.2) is 8.42 Å². The maximum absolute atomic E-state index is 13.0. The molecular formula is C19H29ClN2O4S. The molecule has 1 saturated heterocycles. The van der Waals surface area contributed by atoms with Gasteiger partial charge in [0.15, 0.2) is 0 Å². The highest BCUT2D eigenvalue weighted by atomic mass is 35.5. The van der Waals surface area contributed by atoms with E-state index in [9.17, 15) is 13.2 Å². The van der Waals surface area contributed by atoms with Gasteiger partial charge in [0.25, 0.3) is 0 Å². The fraction of sp³-hybridized carbons (Fsp3) is 0.632. The molecule has 0 radical (unpaired) electrons. The molecule has 0 spiro atoms. The van der Waals surface area contributed by atoms with Crippen molar-refractivity contribution in [2.75, 3.05) is 26.2 Å². The first kappa shape index (κ1) is 22.0. The zero-order chi connectivity index (χ0) is 19.9. The molecule has 1 aliphatic heterocycles. The van der Waals surface area contributed by atoms with Gasteiger partial charge in [-0.05, 0) is 44.4 Å². The van der Waals surface area contributed by atoms with Crippen LogP contribution in [0, 0.1) is 5.92 Å². The van der Waals surface area contributed by atoms with E-state index in [1.54, 1.807) is 19.1 Å². The minimum absolute atomic E-state index is 0.0286. The Morgan fingerprint density at radius 2 is 1.96 bits per heavy atom. The van der Waals surface area contributed by atoms with Crippen molar-refractivity contribution in [3.8, 4) is 5.75 Å². The molecule has 1 aliphatic rings. The van der Waals surface area contributed by atoms with Crippen LogP contribution in [0.2, 0.25) is 5.02 Å². The monoisotopic (exact) mass is 416 g/mol. The summed E-state index contributed by atoms with van der Waals surface area (Å²) in [7, 11) is -3.72. The standard InChI is InChI=1S/C19H29ClN2O4S/c1-3-5-6-11-21-19(23)15-9-12-22(13-10-15)27(24,25)18-14-16(20)7-8-17(18)26-4-2/h7-8,14-15H,3-6,9-13H2,1-2H3,(H,21,23). The minimum Gasteiger partial charge on any atom is -0.492 e. The van der Waals surface area contributed by atoms with Gasteiger partial charge in [0, 0.05) is 30.6 Å². The van der Waals surface area contributed by atoms with Gasteiger partial charge in [-0.1, -0.05) is 31.4 Å². The van der Waals surface area contributed by atoms with Gasteiger partial charge < -0.3 is 10.1 Å². The van der Waals surface area contributed by atoms with Crippen molar-refractivity contribution in [2.24, 2.45) is 5.92 Å². The highest BCUT2D eigenvalue weighted by Gasteiger charge is 2.33. The predicted octanol–water partition coefficient (Wildman–Crippen LogP) is 3.45. The maximum Gasteiger partial charge on any atom is 0.246 e. The fourth-order valence-electron chi connectivity index (χ4n) is 3.19. The summed E-state index contributed by atoms with van der Waals surface area (Å²) in [5.41, 5.74) is 0. The quantitative estimate of drug-likeness (QED) is 0.625. The first-order valence-corrected chi connectivity index (χ1v) is 11.4. The number of unbranched alkanes of at least 4 members (excludes halogenated alkanes) is 2. The molecule has 0 atom stereocenters. The van der Waals surface area contributed by atoms with E-state index in [4.69, 9.17) is 16.3 Å². The lowest BCUT2D eigenvalue weighted by atomic mass is 9.97. The lowest BCUT2D eigenvalue weighted by molar-refractivity contribution is -0.126. The van der Waals surface area contributed by atoms with Crippen LogP contribution in [0.25, 0.3) is 0 Å². The SMILES string of the molecule is CCCCCNC(=O)C1CCN(S(=O)(=O)c2cc(Cl)ccc2OCC)CC1. The summed E-state index contributed by atoms with van der Waals surface area (Å²) in [5.74, 6) is 0.197. The number of sulfonamides is 1. The Bertz CT molecular complexity index is 731. The number of rotatable bonds is 9. The second kappa shape index (κ2) is 10.3. The molecule has 8 heteroatoms. The van der Waals surface area contributed by atoms with Crippen LogP contribution in [0.5, 0.6) is 5.75 Å². The van der Waals surface area contributed by atoms with Crippen LogP contribution in [-0.2, 0) is 14.8 Å². The van der Waals surface area contributed by atoms with Crippen LogP contribution in [0.4, 0.5) is 0 Å². The van der Waals surface area contributed by atoms with Crippen molar-refractivity contribution >= 4 is 27.5 Å². The Kier molecular flexibility index (Phi) is 8.38. The number of halogens is 1. The van der Waals surface area contributed by atoms with Crippen LogP contribution in [0.1, 0.15) is 46.0 Å². The molecule has 1 heterocycles. The van der Waals surface area contributed by atoms with Gasteiger partial charge in [-0.2, -0.15) is 4.31 Å². The number of carbonyl (C=O) groups excluding carboxylic acids is 1. The van der Waals surface area contributed by atoms with Gasteiger partial charge in [0.2, 0.25) is 15.9 Å². The summed E-state index contributed by atoms with van der Waals surface area (Å²) < 4.78 is 33.0. The van der Waals surface area contributed by atoms with E-state index in [2.05, 4.69) is 12.2 Å². The topological polar surface area (TPSA) is 75.7 Å². The predicted molar refractivity (Wildman–Crippen MR) is 107 cm³/mol. The number of nitrogens with zero attached hydrogens (tertiary/aromatic N) is 1. The van der Waals surface area contributed by atoms with Crippen molar-refractivity contribution in [3.63, 3.8) is 0 Å². The maximum atomic E-state index is 13.0. The van der Waals surface area contributed by atoms with E-state index in [0.717, 1.165) is 19.3 Å². The van der Waals surface area contributed by atoms with Gasteiger partial charge in [-0.15, -0.1) is 0 Å². The van der Waals surface area contributed by atoms with Crippen molar-refractivity contribution < 1.29 is 17.9 Å². The molecule has 0 bridgehead atoms. The van der Waals surface area contributed by atoms with Crippen LogP contribution < -0.4 is 10.1 Å². The minimum atomic E-state index is -3.72.